The Morgan fingerprint density at radius 3 is 2.81 bits per heavy atom. The number of carbonyl (C=O) groups is 1. The number of nitrogens with one attached hydrogen (secondary N) is 1. The minimum absolute atomic E-state index is 0.178. The van der Waals surface area contributed by atoms with Gasteiger partial charge in [-0.1, -0.05) is 0 Å². The van der Waals surface area contributed by atoms with Gasteiger partial charge < -0.3 is 5.32 Å². The first-order chi connectivity index (χ1) is 9.93. The predicted molar refractivity (Wildman–Crippen MR) is 73.7 cm³/mol. The van der Waals surface area contributed by atoms with Crippen LogP contribution in [-0.2, 0) is 20.1 Å². The van der Waals surface area contributed by atoms with Crippen LogP contribution in [-0.4, -0.2) is 30.4 Å². The van der Waals surface area contributed by atoms with E-state index in [0.29, 0.717) is 5.69 Å². The van der Waals surface area contributed by atoms with Crippen LogP contribution < -0.4 is 5.32 Å². The number of aryl methyl sites for hydroxylation is 2. The highest BCUT2D eigenvalue weighted by Crippen LogP contribution is 2.21. The zero-order chi connectivity index (χ0) is 15.6. The second-order valence-corrected chi connectivity index (χ2v) is 4.55. The van der Waals surface area contributed by atoms with Crippen molar-refractivity contribution in [2.24, 2.45) is 7.05 Å². The number of rotatable bonds is 5. The van der Waals surface area contributed by atoms with Crippen LogP contribution in [0.25, 0.3) is 0 Å². The maximum atomic E-state index is 12.1. The molecule has 0 fully saturated rings. The average Bonchev–Trinajstić information content (AvgIpc) is 3.01. The van der Waals surface area contributed by atoms with Gasteiger partial charge in [-0.2, -0.15) is 10.2 Å². The van der Waals surface area contributed by atoms with E-state index in [2.05, 4.69) is 15.5 Å². The van der Waals surface area contributed by atoms with E-state index in [0.717, 1.165) is 12.1 Å². The van der Waals surface area contributed by atoms with E-state index < -0.39 is 10.8 Å². The maximum Gasteiger partial charge on any atom is 0.322 e. The lowest BCUT2D eigenvalue weighted by Gasteiger charge is -2.00. The minimum Gasteiger partial charge on any atom is -0.346 e. The van der Waals surface area contributed by atoms with E-state index in [4.69, 9.17) is 0 Å². The summed E-state index contributed by atoms with van der Waals surface area (Å²) in [6.07, 6.45) is 3.44. The smallest absolute Gasteiger partial charge is 0.322 e. The Bertz CT molecular complexity index is 687. The topological polar surface area (TPSA) is 108 Å². The summed E-state index contributed by atoms with van der Waals surface area (Å²) in [5, 5.41) is 21.6. The third kappa shape index (κ3) is 2.91. The molecule has 0 aromatic carbocycles. The average molecular weight is 292 g/mol. The van der Waals surface area contributed by atoms with E-state index in [1.54, 1.807) is 31.0 Å². The van der Waals surface area contributed by atoms with Crippen LogP contribution in [0, 0.1) is 17.0 Å². The Kier molecular flexibility index (Phi) is 4.01. The van der Waals surface area contributed by atoms with Crippen molar-refractivity contribution >= 4 is 11.6 Å². The van der Waals surface area contributed by atoms with Crippen molar-refractivity contribution < 1.29 is 9.72 Å². The maximum absolute atomic E-state index is 12.1. The van der Waals surface area contributed by atoms with Gasteiger partial charge in [-0.15, -0.1) is 0 Å². The van der Waals surface area contributed by atoms with Gasteiger partial charge in [0, 0.05) is 31.9 Å². The van der Waals surface area contributed by atoms with Crippen molar-refractivity contribution in [3.8, 4) is 0 Å². The second-order valence-electron chi connectivity index (χ2n) is 4.55. The summed E-state index contributed by atoms with van der Waals surface area (Å²) < 4.78 is 3.05. The van der Waals surface area contributed by atoms with Crippen molar-refractivity contribution in [1.29, 1.82) is 0 Å². The van der Waals surface area contributed by atoms with Gasteiger partial charge in [0.25, 0.3) is 5.91 Å². The van der Waals surface area contributed by atoms with Gasteiger partial charge >= 0.3 is 5.69 Å². The zero-order valence-corrected chi connectivity index (χ0v) is 12.0. The molecule has 112 valence electrons. The molecule has 1 amide bonds. The number of hydrogen-bond acceptors (Lipinski definition) is 5. The third-order valence-electron chi connectivity index (χ3n) is 3.16. The molecule has 0 saturated heterocycles. The summed E-state index contributed by atoms with van der Waals surface area (Å²) in [5.41, 5.74) is 0.714. The first-order valence-corrected chi connectivity index (χ1v) is 6.41. The fourth-order valence-corrected chi connectivity index (χ4v) is 1.91. The quantitative estimate of drug-likeness (QED) is 0.647. The summed E-state index contributed by atoms with van der Waals surface area (Å²) in [5.74, 6) is -0.574. The summed E-state index contributed by atoms with van der Waals surface area (Å²) >= 11 is 0. The van der Waals surface area contributed by atoms with E-state index in [1.165, 1.54) is 4.68 Å². The Morgan fingerprint density at radius 2 is 2.24 bits per heavy atom. The molecule has 0 unspecified atom stereocenters. The van der Waals surface area contributed by atoms with Gasteiger partial charge in [-0.25, -0.2) is 0 Å². The van der Waals surface area contributed by atoms with Crippen LogP contribution in [0.5, 0.6) is 0 Å². The Hall–Kier alpha value is -2.71. The first kappa shape index (κ1) is 14.7. The SMILES string of the molecule is CCn1cc(CNC(=O)c2nn(C)c(C)c2[N+](=O)[O-])cn1. The molecule has 0 saturated carbocycles. The van der Waals surface area contributed by atoms with Gasteiger partial charge in [0.05, 0.1) is 11.1 Å². The molecule has 2 rings (SSSR count). The van der Waals surface area contributed by atoms with Crippen LogP contribution in [0.2, 0.25) is 0 Å². The number of hydrogen-bond donors (Lipinski definition) is 1. The van der Waals surface area contributed by atoms with Gasteiger partial charge in [-0.05, 0) is 13.8 Å². The highest BCUT2D eigenvalue weighted by Gasteiger charge is 2.28. The molecular weight excluding hydrogens is 276 g/mol. The van der Waals surface area contributed by atoms with Crippen molar-refractivity contribution in [2.45, 2.75) is 26.9 Å². The van der Waals surface area contributed by atoms with Crippen LogP contribution in [0.4, 0.5) is 5.69 Å². The van der Waals surface area contributed by atoms with Crippen molar-refractivity contribution in [3.05, 3.63) is 39.5 Å². The molecule has 0 atom stereocenters. The molecule has 0 bridgehead atoms. The van der Waals surface area contributed by atoms with Crippen molar-refractivity contribution in [2.75, 3.05) is 0 Å². The normalized spacial score (nSPS) is 10.6. The predicted octanol–water partition coefficient (Wildman–Crippen LogP) is 0.783. The summed E-state index contributed by atoms with van der Waals surface area (Å²) in [6, 6.07) is 0. The fraction of sp³-hybridized carbons (Fsp3) is 0.417. The standard InChI is InChI=1S/C12H16N6O3/c1-4-17-7-9(6-14-17)5-13-12(19)10-11(18(20)21)8(2)16(3)15-10/h6-7H,4-5H2,1-3H3,(H,13,19). The molecule has 0 aliphatic carbocycles. The van der Waals surface area contributed by atoms with E-state index in [-0.39, 0.29) is 17.9 Å². The summed E-state index contributed by atoms with van der Waals surface area (Å²) in [4.78, 5) is 22.5. The van der Waals surface area contributed by atoms with Gasteiger partial charge in [0.1, 0.15) is 5.69 Å². The summed E-state index contributed by atoms with van der Waals surface area (Å²) in [6.45, 7) is 4.48. The lowest BCUT2D eigenvalue weighted by atomic mass is 10.3. The molecular formula is C12H16N6O3. The monoisotopic (exact) mass is 292 g/mol. The Morgan fingerprint density at radius 1 is 1.52 bits per heavy atom. The molecule has 0 aliphatic rings. The van der Waals surface area contributed by atoms with Crippen LogP contribution >= 0.6 is 0 Å². The number of amides is 1. The molecule has 2 aromatic heterocycles. The molecule has 0 radical (unpaired) electrons. The van der Waals surface area contributed by atoms with Crippen molar-refractivity contribution in [1.82, 2.24) is 24.9 Å². The van der Waals surface area contributed by atoms with Crippen LogP contribution in [0.3, 0.4) is 0 Å². The van der Waals surface area contributed by atoms with E-state index in [1.807, 2.05) is 6.92 Å². The van der Waals surface area contributed by atoms with Crippen LogP contribution in [0.1, 0.15) is 28.7 Å². The third-order valence-corrected chi connectivity index (χ3v) is 3.16. The fourth-order valence-electron chi connectivity index (χ4n) is 1.91. The molecule has 1 N–H and O–H groups in total. The molecule has 0 aliphatic heterocycles. The lowest BCUT2D eigenvalue weighted by molar-refractivity contribution is -0.385. The summed E-state index contributed by atoms with van der Waals surface area (Å²) in [7, 11) is 1.56. The first-order valence-electron chi connectivity index (χ1n) is 6.41. The van der Waals surface area contributed by atoms with Gasteiger partial charge in [0.15, 0.2) is 0 Å². The molecule has 2 aromatic rings. The van der Waals surface area contributed by atoms with E-state index in [9.17, 15) is 14.9 Å². The molecule has 0 spiro atoms. The van der Waals surface area contributed by atoms with Crippen LogP contribution in [0.15, 0.2) is 12.4 Å². The van der Waals surface area contributed by atoms with Gasteiger partial charge in [-0.3, -0.25) is 24.3 Å². The highest BCUT2D eigenvalue weighted by molar-refractivity contribution is 5.96. The number of aromatic nitrogens is 4. The molecule has 9 nitrogen and oxygen atoms in total. The number of carbonyl (C=O) groups excluding carboxylic acids is 1. The largest absolute Gasteiger partial charge is 0.346 e. The molecule has 21 heavy (non-hydrogen) atoms. The second kappa shape index (κ2) is 5.73. The van der Waals surface area contributed by atoms with E-state index >= 15 is 0 Å². The Labute approximate surface area is 120 Å². The van der Waals surface area contributed by atoms with Crippen molar-refractivity contribution in [3.63, 3.8) is 0 Å². The molecule has 9 heteroatoms. The van der Waals surface area contributed by atoms with Gasteiger partial charge in [0.2, 0.25) is 5.69 Å². The molecule has 2 heterocycles. The number of nitro groups is 1. The zero-order valence-electron chi connectivity index (χ0n) is 12.0. The Balaban J connectivity index is 2.13. The number of nitrogens with zero attached hydrogens (tertiary/aromatic N) is 5. The highest BCUT2D eigenvalue weighted by atomic mass is 16.6. The minimum atomic E-state index is -0.591. The lowest BCUT2D eigenvalue weighted by Crippen LogP contribution is -2.24.